The van der Waals surface area contributed by atoms with Gasteiger partial charge in [-0.1, -0.05) is 12.1 Å². The maximum Gasteiger partial charge on any atom is 0.405 e. The molecule has 0 atom stereocenters. The molecule has 1 N–H and O–H groups in total. The van der Waals surface area contributed by atoms with E-state index in [0.717, 1.165) is 4.57 Å². The Morgan fingerprint density at radius 1 is 1.15 bits per heavy atom. The number of fused-ring (bicyclic) bond motifs is 1. The molecular weight excluding hydrogens is 417 g/mol. The Kier molecular flexibility index (Phi) is 4.86. The van der Waals surface area contributed by atoms with Crippen LogP contribution in [-0.2, 0) is 11.3 Å². The molecule has 3 rings (SSSR count). The molecule has 136 valence electrons. The lowest BCUT2D eigenvalue weighted by atomic mass is 10.3. The summed E-state index contributed by atoms with van der Waals surface area (Å²) < 4.78 is 39.8. The van der Waals surface area contributed by atoms with Gasteiger partial charge in [-0.15, -0.1) is 0 Å². The monoisotopic (exact) mass is 428 g/mol. The highest BCUT2D eigenvalue weighted by atomic mass is 79.9. The summed E-state index contributed by atoms with van der Waals surface area (Å²) in [6.07, 6.45) is -3.04. The van der Waals surface area contributed by atoms with Gasteiger partial charge in [-0.05, 0) is 40.2 Å². The van der Waals surface area contributed by atoms with Crippen LogP contribution in [0.1, 0.15) is 0 Å². The van der Waals surface area contributed by atoms with Crippen LogP contribution in [0.3, 0.4) is 0 Å². The van der Waals surface area contributed by atoms with Crippen LogP contribution in [-0.4, -0.2) is 32.7 Å². The number of amides is 1. The van der Waals surface area contributed by atoms with Gasteiger partial charge in [-0.3, -0.25) is 13.9 Å². The average molecular weight is 429 g/mol. The number of hydrogen-bond donors (Lipinski definition) is 1. The van der Waals surface area contributed by atoms with Gasteiger partial charge in [-0.25, -0.2) is 9.78 Å². The molecule has 0 fully saturated rings. The van der Waals surface area contributed by atoms with E-state index in [-0.39, 0.29) is 0 Å². The minimum atomic E-state index is -4.52. The van der Waals surface area contributed by atoms with E-state index < -0.39 is 30.9 Å². The lowest BCUT2D eigenvalue weighted by molar-refractivity contribution is -0.138. The predicted molar refractivity (Wildman–Crippen MR) is 92.1 cm³/mol. The molecule has 0 saturated heterocycles. The molecule has 0 aliphatic rings. The molecule has 26 heavy (non-hydrogen) atoms. The molecule has 2 heterocycles. The summed E-state index contributed by atoms with van der Waals surface area (Å²) in [7, 11) is 0. The zero-order chi connectivity index (χ0) is 18.9. The van der Waals surface area contributed by atoms with Crippen LogP contribution >= 0.6 is 15.9 Å². The Balaban J connectivity index is 2.02. The first-order valence-electron chi connectivity index (χ1n) is 7.42. The number of alkyl halides is 3. The first kappa shape index (κ1) is 18.2. The number of nitrogens with one attached hydrogen (secondary N) is 1. The van der Waals surface area contributed by atoms with Gasteiger partial charge in [0, 0.05) is 0 Å². The third-order valence-corrected chi connectivity index (χ3v) is 4.06. The minimum absolute atomic E-state index is 0.433. The second kappa shape index (κ2) is 6.94. The maximum absolute atomic E-state index is 12.8. The van der Waals surface area contributed by atoms with Crippen LogP contribution in [0.4, 0.5) is 13.2 Å². The van der Waals surface area contributed by atoms with Crippen molar-refractivity contribution < 1.29 is 18.0 Å². The van der Waals surface area contributed by atoms with Crippen molar-refractivity contribution in [3.63, 3.8) is 0 Å². The van der Waals surface area contributed by atoms with Gasteiger partial charge in [0.25, 0.3) is 0 Å². The number of aromatic nitrogens is 3. The van der Waals surface area contributed by atoms with Gasteiger partial charge >= 0.3 is 11.9 Å². The molecule has 0 bridgehead atoms. The van der Waals surface area contributed by atoms with Gasteiger partial charge in [0.05, 0.1) is 22.9 Å². The van der Waals surface area contributed by atoms with Crippen LogP contribution in [0.15, 0.2) is 52.0 Å². The lowest BCUT2D eigenvalue weighted by Gasteiger charge is -2.08. The molecule has 0 saturated carbocycles. The molecule has 6 nitrogen and oxygen atoms in total. The van der Waals surface area contributed by atoms with Crippen LogP contribution in [0, 0.1) is 0 Å². The van der Waals surface area contributed by atoms with Crippen LogP contribution in [0.25, 0.3) is 16.7 Å². The van der Waals surface area contributed by atoms with Gasteiger partial charge in [0.2, 0.25) is 5.91 Å². The molecule has 0 spiro atoms. The molecule has 0 aliphatic carbocycles. The lowest BCUT2D eigenvalue weighted by Crippen LogP contribution is -2.37. The third-order valence-electron chi connectivity index (χ3n) is 3.59. The molecule has 0 aliphatic heterocycles. The number of nitrogens with zero attached hydrogens (tertiary/aromatic N) is 3. The van der Waals surface area contributed by atoms with Crippen molar-refractivity contribution in [3.8, 4) is 5.69 Å². The van der Waals surface area contributed by atoms with E-state index in [4.69, 9.17) is 0 Å². The Labute approximate surface area is 153 Å². The summed E-state index contributed by atoms with van der Waals surface area (Å²) in [4.78, 5) is 28.7. The molecule has 10 heteroatoms. The highest BCUT2D eigenvalue weighted by Crippen LogP contribution is 2.18. The van der Waals surface area contributed by atoms with E-state index in [1.165, 1.54) is 10.8 Å². The van der Waals surface area contributed by atoms with Gasteiger partial charge in [-0.2, -0.15) is 13.2 Å². The quantitative estimate of drug-likeness (QED) is 0.649. The number of para-hydroxylation sites is 2. The van der Waals surface area contributed by atoms with Crippen molar-refractivity contribution in [3.05, 3.63) is 57.7 Å². The Morgan fingerprint density at radius 2 is 1.85 bits per heavy atom. The van der Waals surface area contributed by atoms with Crippen molar-refractivity contribution in [2.45, 2.75) is 12.7 Å². The summed E-state index contributed by atoms with van der Waals surface area (Å²) >= 11 is 3.21. The van der Waals surface area contributed by atoms with Crippen molar-refractivity contribution in [2.75, 3.05) is 6.54 Å². The van der Waals surface area contributed by atoms with E-state index in [1.807, 2.05) is 0 Å². The number of imidazole rings is 1. The molecule has 2 aromatic heterocycles. The summed E-state index contributed by atoms with van der Waals surface area (Å²) in [5.74, 6) is -0.902. The topological polar surface area (TPSA) is 68.9 Å². The molecule has 3 aromatic rings. The second-order valence-electron chi connectivity index (χ2n) is 5.42. The molecular formula is C16H12BrF3N4O2. The van der Waals surface area contributed by atoms with E-state index in [1.54, 1.807) is 41.7 Å². The molecule has 0 unspecified atom stereocenters. The first-order valence-corrected chi connectivity index (χ1v) is 8.21. The largest absolute Gasteiger partial charge is 0.405 e. The van der Waals surface area contributed by atoms with E-state index >= 15 is 0 Å². The van der Waals surface area contributed by atoms with E-state index in [2.05, 4.69) is 20.9 Å². The van der Waals surface area contributed by atoms with Crippen LogP contribution < -0.4 is 11.0 Å². The molecule has 1 amide bonds. The van der Waals surface area contributed by atoms with Crippen LogP contribution in [0.5, 0.6) is 0 Å². The molecule has 0 radical (unpaired) electrons. The van der Waals surface area contributed by atoms with Gasteiger partial charge in [0.1, 0.15) is 17.7 Å². The van der Waals surface area contributed by atoms with E-state index in [9.17, 15) is 22.8 Å². The summed E-state index contributed by atoms with van der Waals surface area (Å²) in [6, 6.07) is 10.0. The van der Waals surface area contributed by atoms with Gasteiger partial charge < -0.3 is 5.32 Å². The smallest absolute Gasteiger partial charge is 0.345 e. The Bertz CT molecular complexity index is 1010. The number of halogens is 4. The number of carbonyl (C=O) groups excluding carboxylic acids is 1. The number of hydrogen-bond acceptors (Lipinski definition) is 3. The zero-order valence-electron chi connectivity index (χ0n) is 13.1. The number of pyridine rings is 1. The zero-order valence-corrected chi connectivity index (χ0v) is 14.7. The van der Waals surface area contributed by atoms with Crippen molar-refractivity contribution in [1.29, 1.82) is 0 Å². The summed E-state index contributed by atoms with van der Waals surface area (Å²) in [6.45, 7) is -1.97. The Hall–Kier alpha value is -2.62. The Morgan fingerprint density at radius 3 is 2.46 bits per heavy atom. The highest BCUT2D eigenvalue weighted by molar-refractivity contribution is 9.10. The number of carbonyl (C=O) groups is 1. The predicted octanol–water partition coefficient (Wildman–Crippen LogP) is 2.63. The fraction of sp³-hybridized carbons (Fsp3) is 0.188. The first-order chi connectivity index (χ1) is 12.3. The summed E-state index contributed by atoms with van der Waals surface area (Å²) in [5, 5.41) is 1.77. The van der Waals surface area contributed by atoms with Crippen molar-refractivity contribution >= 4 is 32.9 Å². The van der Waals surface area contributed by atoms with Crippen LogP contribution in [0.2, 0.25) is 0 Å². The maximum atomic E-state index is 12.8. The standard InChI is InChI=1S/C16H12BrF3N4O2/c17-13-6-5-10(7-21-13)24-12-4-2-1-3-11(12)23(15(24)26)8-14(25)22-9-16(18,19)20/h1-7H,8-9H2,(H,22,25). The molecule has 1 aromatic carbocycles. The fourth-order valence-corrected chi connectivity index (χ4v) is 2.74. The van der Waals surface area contributed by atoms with Crippen molar-refractivity contribution in [2.24, 2.45) is 0 Å². The fourth-order valence-electron chi connectivity index (χ4n) is 2.51. The highest BCUT2D eigenvalue weighted by Gasteiger charge is 2.28. The third kappa shape index (κ3) is 3.79. The number of benzene rings is 1. The summed E-state index contributed by atoms with van der Waals surface area (Å²) in [5.41, 5.74) is 0.883. The second-order valence-corrected chi connectivity index (χ2v) is 6.24. The normalized spacial score (nSPS) is 11.7. The minimum Gasteiger partial charge on any atom is -0.345 e. The van der Waals surface area contributed by atoms with Crippen molar-refractivity contribution in [1.82, 2.24) is 19.4 Å². The van der Waals surface area contributed by atoms with E-state index in [0.29, 0.717) is 21.3 Å². The van der Waals surface area contributed by atoms with Gasteiger partial charge in [0.15, 0.2) is 0 Å². The average Bonchev–Trinajstić information content (AvgIpc) is 2.86. The number of rotatable bonds is 4. The SMILES string of the molecule is O=C(Cn1c(=O)n(-c2ccc(Br)nc2)c2ccccc21)NCC(F)(F)F.